The van der Waals surface area contributed by atoms with Crippen molar-refractivity contribution < 1.29 is 9.53 Å². The molecule has 0 N–H and O–H groups in total. The lowest BCUT2D eigenvalue weighted by Crippen LogP contribution is -2.55. The van der Waals surface area contributed by atoms with Crippen molar-refractivity contribution in [2.24, 2.45) is 5.92 Å². The number of ketones is 1. The summed E-state index contributed by atoms with van der Waals surface area (Å²) in [5.74, 6) is 0.534. The minimum absolute atomic E-state index is 0.156. The standard InChI is InChI=1S/C20H29NO2/c1-5-14-7-13(3)8-15(6-2)19(14)20(22)16-9-17-11-23-12-18(10-16)21(17)4/h7-8,16-18H,5-6,9-12H2,1-4H3. The van der Waals surface area contributed by atoms with E-state index in [1.807, 2.05) is 0 Å². The van der Waals surface area contributed by atoms with Crippen LogP contribution in [0.5, 0.6) is 0 Å². The van der Waals surface area contributed by atoms with Crippen molar-refractivity contribution in [1.29, 1.82) is 0 Å². The number of ether oxygens (including phenoxy) is 1. The molecule has 0 amide bonds. The highest BCUT2D eigenvalue weighted by Gasteiger charge is 2.40. The van der Waals surface area contributed by atoms with Gasteiger partial charge < -0.3 is 4.74 Å². The maximum atomic E-state index is 13.3. The molecule has 2 aliphatic rings. The first kappa shape index (κ1) is 16.7. The molecule has 0 spiro atoms. The SMILES string of the molecule is CCc1cc(C)cc(CC)c1C(=O)C1CC2COCC(C1)N2C. The van der Waals surface area contributed by atoms with Crippen LogP contribution in [-0.4, -0.2) is 43.0 Å². The average molecular weight is 315 g/mol. The number of hydrogen-bond acceptors (Lipinski definition) is 3. The van der Waals surface area contributed by atoms with E-state index in [1.54, 1.807) is 0 Å². The van der Waals surface area contributed by atoms with Crippen LogP contribution in [0, 0.1) is 12.8 Å². The first-order chi connectivity index (χ1) is 11.0. The second-order valence-electron chi connectivity index (χ2n) is 7.21. The lowest BCUT2D eigenvalue weighted by atomic mass is 9.78. The minimum atomic E-state index is 0.156. The molecule has 0 aromatic heterocycles. The molecule has 2 fully saturated rings. The Morgan fingerprint density at radius 3 is 2.13 bits per heavy atom. The highest BCUT2D eigenvalue weighted by Crippen LogP contribution is 2.34. The number of fused-ring (bicyclic) bond motifs is 2. The van der Waals surface area contributed by atoms with Gasteiger partial charge in [0.25, 0.3) is 0 Å². The Morgan fingerprint density at radius 2 is 1.65 bits per heavy atom. The molecule has 2 heterocycles. The van der Waals surface area contributed by atoms with Crippen LogP contribution in [0.4, 0.5) is 0 Å². The smallest absolute Gasteiger partial charge is 0.166 e. The molecule has 2 unspecified atom stereocenters. The monoisotopic (exact) mass is 315 g/mol. The lowest BCUT2D eigenvalue weighted by molar-refractivity contribution is -0.0702. The molecule has 2 saturated heterocycles. The summed E-state index contributed by atoms with van der Waals surface area (Å²) in [5.41, 5.74) is 4.75. The first-order valence-corrected chi connectivity index (χ1v) is 9.01. The van der Waals surface area contributed by atoms with Gasteiger partial charge in [-0.05, 0) is 50.8 Å². The summed E-state index contributed by atoms with van der Waals surface area (Å²) in [4.78, 5) is 15.8. The van der Waals surface area contributed by atoms with E-state index in [0.29, 0.717) is 17.9 Å². The summed E-state index contributed by atoms with van der Waals surface area (Å²) < 4.78 is 5.69. The third kappa shape index (κ3) is 3.09. The number of nitrogens with zero attached hydrogens (tertiary/aromatic N) is 1. The number of benzene rings is 1. The van der Waals surface area contributed by atoms with Crippen molar-refractivity contribution in [1.82, 2.24) is 4.90 Å². The Kier molecular flexibility index (Phi) is 4.88. The third-order valence-corrected chi connectivity index (χ3v) is 5.71. The van der Waals surface area contributed by atoms with Gasteiger partial charge >= 0.3 is 0 Å². The number of Topliss-reactive ketones (excluding diaryl/α,β-unsaturated/α-hetero) is 1. The van der Waals surface area contributed by atoms with E-state index in [4.69, 9.17) is 4.74 Å². The van der Waals surface area contributed by atoms with Gasteiger partial charge in [-0.3, -0.25) is 9.69 Å². The summed E-state index contributed by atoms with van der Waals surface area (Å²) in [7, 11) is 2.18. The predicted molar refractivity (Wildman–Crippen MR) is 93.1 cm³/mol. The van der Waals surface area contributed by atoms with Gasteiger partial charge in [0.2, 0.25) is 0 Å². The molecule has 0 aliphatic carbocycles. The number of aryl methyl sites for hydroxylation is 3. The number of piperidine rings is 1. The molecule has 2 atom stereocenters. The summed E-state index contributed by atoms with van der Waals surface area (Å²) >= 11 is 0. The molecule has 23 heavy (non-hydrogen) atoms. The van der Waals surface area contributed by atoms with E-state index in [-0.39, 0.29) is 5.92 Å². The number of rotatable bonds is 4. The summed E-state index contributed by atoms with van der Waals surface area (Å²) in [6.07, 6.45) is 3.73. The fourth-order valence-electron chi connectivity index (χ4n) is 4.33. The molecule has 2 aliphatic heterocycles. The molecular weight excluding hydrogens is 286 g/mol. The highest BCUT2D eigenvalue weighted by molar-refractivity contribution is 6.00. The average Bonchev–Trinajstić information content (AvgIpc) is 2.53. The van der Waals surface area contributed by atoms with Crippen LogP contribution in [-0.2, 0) is 17.6 Å². The fourth-order valence-corrected chi connectivity index (χ4v) is 4.33. The molecule has 3 nitrogen and oxygen atoms in total. The minimum Gasteiger partial charge on any atom is -0.378 e. The van der Waals surface area contributed by atoms with Gasteiger partial charge in [-0.15, -0.1) is 0 Å². The van der Waals surface area contributed by atoms with Gasteiger partial charge in [-0.25, -0.2) is 0 Å². The summed E-state index contributed by atoms with van der Waals surface area (Å²) in [6.45, 7) is 7.98. The molecule has 1 aromatic carbocycles. The van der Waals surface area contributed by atoms with Crippen LogP contribution < -0.4 is 0 Å². The van der Waals surface area contributed by atoms with Crippen molar-refractivity contribution in [2.75, 3.05) is 20.3 Å². The Labute approximate surface area is 140 Å². The van der Waals surface area contributed by atoms with Crippen LogP contribution in [0.15, 0.2) is 12.1 Å². The number of hydrogen-bond donors (Lipinski definition) is 0. The van der Waals surface area contributed by atoms with Gasteiger partial charge in [0.1, 0.15) is 0 Å². The second kappa shape index (κ2) is 6.74. The van der Waals surface area contributed by atoms with Gasteiger partial charge in [-0.1, -0.05) is 31.5 Å². The van der Waals surface area contributed by atoms with E-state index < -0.39 is 0 Å². The van der Waals surface area contributed by atoms with E-state index in [1.165, 1.54) is 16.7 Å². The Balaban J connectivity index is 1.92. The van der Waals surface area contributed by atoms with Crippen molar-refractivity contribution in [3.8, 4) is 0 Å². The zero-order valence-corrected chi connectivity index (χ0v) is 14.9. The van der Waals surface area contributed by atoms with Gasteiger partial charge in [-0.2, -0.15) is 0 Å². The predicted octanol–water partition coefficient (Wildman–Crippen LogP) is 3.41. The zero-order valence-electron chi connectivity index (χ0n) is 14.9. The maximum absolute atomic E-state index is 13.3. The molecule has 2 bridgehead atoms. The normalized spacial score (nSPS) is 27.9. The van der Waals surface area contributed by atoms with Crippen molar-refractivity contribution in [3.63, 3.8) is 0 Å². The topological polar surface area (TPSA) is 29.5 Å². The van der Waals surface area contributed by atoms with E-state index in [2.05, 4.69) is 44.9 Å². The largest absolute Gasteiger partial charge is 0.378 e. The molecule has 0 saturated carbocycles. The van der Waals surface area contributed by atoms with E-state index in [9.17, 15) is 4.79 Å². The fraction of sp³-hybridized carbons (Fsp3) is 0.650. The number of morpholine rings is 1. The molecule has 0 radical (unpaired) electrons. The van der Waals surface area contributed by atoms with Crippen LogP contribution in [0.2, 0.25) is 0 Å². The molecule has 1 aromatic rings. The van der Waals surface area contributed by atoms with Crippen LogP contribution in [0.25, 0.3) is 0 Å². The number of likely N-dealkylation sites (N-methyl/N-ethyl adjacent to an activating group) is 1. The van der Waals surface area contributed by atoms with Crippen molar-refractivity contribution in [3.05, 3.63) is 34.4 Å². The quantitative estimate of drug-likeness (QED) is 0.798. The molecule has 3 rings (SSSR count). The Morgan fingerprint density at radius 1 is 1.13 bits per heavy atom. The van der Waals surface area contributed by atoms with Gasteiger partial charge in [0, 0.05) is 23.6 Å². The molecule has 126 valence electrons. The first-order valence-electron chi connectivity index (χ1n) is 9.01. The lowest BCUT2D eigenvalue weighted by Gasteiger charge is -2.46. The number of carbonyl (C=O) groups excluding carboxylic acids is 1. The Bertz CT molecular complexity index is 556. The maximum Gasteiger partial charge on any atom is 0.166 e. The number of carbonyl (C=O) groups is 1. The van der Waals surface area contributed by atoms with Crippen LogP contribution >= 0.6 is 0 Å². The van der Waals surface area contributed by atoms with Gasteiger partial charge in [0.05, 0.1) is 13.2 Å². The van der Waals surface area contributed by atoms with Crippen molar-refractivity contribution in [2.45, 2.75) is 58.5 Å². The van der Waals surface area contributed by atoms with Crippen molar-refractivity contribution >= 4 is 5.78 Å². The Hall–Kier alpha value is -1.19. The van der Waals surface area contributed by atoms with Crippen LogP contribution in [0.1, 0.15) is 53.7 Å². The van der Waals surface area contributed by atoms with E-state index >= 15 is 0 Å². The summed E-state index contributed by atoms with van der Waals surface area (Å²) in [6, 6.07) is 5.20. The molecule has 3 heteroatoms. The third-order valence-electron chi connectivity index (χ3n) is 5.71. The van der Waals surface area contributed by atoms with Gasteiger partial charge in [0.15, 0.2) is 5.78 Å². The zero-order chi connectivity index (χ0) is 16.6. The van der Waals surface area contributed by atoms with Crippen LogP contribution in [0.3, 0.4) is 0 Å². The second-order valence-corrected chi connectivity index (χ2v) is 7.21. The molecular formula is C20H29NO2. The summed E-state index contributed by atoms with van der Waals surface area (Å²) in [5, 5.41) is 0. The van der Waals surface area contributed by atoms with E-state index in [0.717, 1.165) is 44.5 Å². The highest BCUT2D eigenvalue weighted by atomic mass is 16.5.